The molecule has 9 heteroatoms. The maximum Gasteiger partial charge on any atom is 0.405 e. The number of nitrogens with zero attached hydrogens (tertiary/aromatic N) is 5. The fourth-order valence-corrected chi connectivity index (χ4v) is 1.05. The van der Waals surface area contributed by atoms with Crippen molar-refractivity contribution in [2.24, 2.45) is 20.3 Å². The van der Waals surface area contributed by atoms with Gasteiger partial charge >= 0.3 is 6.18 Å². The molecule has 0 heterocycles. The van der Waals surface area contributed by atoms with Gasteiger partial charge in [-0.1, -0.05) is 5.22 Å². The zero-order valence-corrected chi connectivity index (χ0v) is 10.9. The number of halogens is 3. The summed E-state index contributed by atoms with van der Waals surface area (Å²) in [5.41, 5.74) is 3.15. The summed E-state index contributed by atoms with van der Waals surface area (Å²) >= 11 is 0. The van der Waals surface area contributed by atoms with Gasteiger partial charge in [-0.25, -0.2) is 0 Å². The molecule has 0 aromatic rings. The third kappa shape index (κ3) is 10.9. The van der Waals surface area contributed by atoms with Gasteiger partial charge in [-0.05, 0) is 12.8 Å². The van der Waals surface area contributed by atoms with E-state index in [9.17, 15) is 13.2 Å². The third-order valence-corrected chi connectivity index (χ3v) is 1.76. The van der Waals surface area contributed by atoms with Crippen LogP contribution in [0.1, 0.15) is 0 Å². The molecular formula is C10H17F3N6. The molecule has 0 aromatic carbocycles. The minimum absolute atomic E-state index is 0.149. The fourth-order valence-electron chi connectivity index (χ4n) is 1.05. The van der Waals surface area contributed by atoms with Gasteiger partial charge in [-0.3, -0.25) is 15.4 Å². The molecule has 0 atom stereocenters. The minimum Gasteiger partial charge on any atom is -0.357 e. The van der Waals surface area contributed by atoms with E-state index in [0.29, 0.717) is 12.2 Å². The van der Waals surface area contributed by atoms with E-state index in [1.165, 1.54) is 14.1 Å². The van der Waals surface area contributed by atoms with Gasteiger partial charge in [0.1, 0.15) is 6.54 Å². The number of nitrogens with one attached hydrogen (secondary N) is 1. The highest BCUT2D eigenvalue weighted by Gasteiger charge is 2.28. The maximum atomic E-state index is 12.0. The molecule has 108 valence electrons. The molecule has 0 spiro atoms. The van der Waals surface area contributed by atoms with Crippen LogP contribution in [-0.4, -0.2) is 57.9 Å². The molecule has 0 amide bonds. The van der Waals surface area contributed by atoms with Gasteiger partial charge in [-0.2, -0.15) is 18.3 Å². The van der Waals surface area contributed by atoms with Gasteiger partial charge in [0, 0.05) is 7.05 Å². The largest absolute Gasteiger partial charge is 0.405 e. The van der Waals surface area contributed by atoms with Gasteiger partial charge < -0.3 is 4.90 Å². The fraction of sp³-hybridized carbons (Fsp3) is 0.600. The van der Waals surface area contributed by atoms with Crippen molar-refractivity contribution >= 4 is 13.1 Å². The average Bonchev–Trinajstić information content (AvgIpc) is 2.30. The first kappa shape index (κ1) is 17.1. The molecule has 19 heavy (non-hydrogen) atoms. The van der Waals surface area contributed by atoms with E-state index in [-0.39, 0.29) is 6.54 Å². The standard InChI is InChI=1S/C10H17F3N6/c1-14-9(4-5-17-18-15-2)6-16-8-19(3)7-10(11,12)13/h4,8H,1,5-7H2,2-3H3,(H,15,17)/b9-4-,16-8?. The molecule has 0 bridgehead atoms. The molecule has 6 nitrogen and oxygen atoms in total. The first-order valence-corrected chi connectivity index (χ1v) is 5.33. The predicted molar refractivity (Wildman–Crippen MR) is 68.5 cm³/mol. The lowest BCUT2D eigenvalue weighted by Crippen LogP contribution is -2.30. The van der Waals surface area contributed by atoms with E-state index in [4.69, 9.17) is 0 Å². The van der Waals surface area contributed by atoms with Crippen LogP contribution in [0, 0.1) is 0 Å². The van der Waals surface area contributed by atoms with Crippen molar-refractivity contribution in [3.05, 3.63) is 11.8 Å². The normalized spacial score (nSPS) is 13.2. The second kappa shape index (κ2) is 9.06. The lowest BCUT2D eigenvalue weighted by atomic mass is 10.4. The average molecular weight is 278 g/mol. The second-order valence-corrected chi connectivity index (χ2v) is 3.50. The predicted octanol–water partition coefficient (Wildman–Crippen LogP) is 1.68. The highest BCUT2D eigenvalue weighted by atomic mass is 19.4. The number of hydrogen-bond donors (Lipinski definition) is 1. The van der Waals surface area contributed by atoms with Crippen LogP contribution in [0.4, 0.5) is 13.2 Å². The highest BCUT2D eigenvalue weighted by molar-refractivity contribution is 5.54. The van der Waals surface area contributed by atoms with Crippen LogP contribution in [-0.2, 0) is 0 Å². The summed E-state index contributed by atoms with van der Waals surface area (Å²) in [6.07, 6.45) is -1.46. The lowest BCUT2D eigenvalue weighted by molar-refractivity contribution is -0.135. The summed E-state index contributed by atoms with van der Waals surface area (Å²) in [5.74, 6) is 0. The van der Waals surface area contributed by atoms with E-state index in [0.717, 1.165) is 11.2 Å². The van der Waals surface area contributed by atoms with Crippen molar-refractivity contribution in [2.75, 3.05) is 33.7 Å². The third-order valence-electron chi connectivity index (χ3n) is 1.76. The Bertz CT molecular complexity index is 348. The van der Waals surface area contributed by atoms with E-state index in [2.05, 4.69) is 32.5 Å². The molecule has 0 aliphatic carbocycles. The maximum absolute atomic E-state index is 12.0. The van der Waals surface area contributed by atoms with Crippen LogP contribution >= 0.6 is 0 Å². The Labute approximate surface area is 109 Å². The van der Waals surface area contributed by atoms with Gasteiger partial charge in [-0.15, -0.1) is 0 Å². The summed E-state index contributed by atoms with van der Waals surface area (Å²) in [6, 6.07) is 0. The Balaban J connectivity index is 4.15. The highest BCUT2D eigenvalue weighted by Crippen LogP contribution is 2.14. The van der Waals surface area contributed by atoms with Gasteiger partial charge in [0.05, 0.1) is 32.2 Å². The van der Waals surface area contributed by atoms with E-state index in [1.54, 1.807) is 6.08 Å². The van der Waals surface area contributed by atoms with Crippen molar-refractivity contribution in [1.29, 1.82) is 0 Å². The first-order valence-electron chi connectivity index (χ1n) is 5.33. The van der Waals surface area contributed by atoms with Crippen LogP contribution in [0.2, 0.25) is 0 Å². The van der Waals surface area contributed by atoms with Gasteiger partial charge in [0.2, 0.25) is 0 Å². The van der Waals surface area contributed by atoms with Crippen molar-refractivity contribution in [2.45, 2.75) is 6.18 Å². The molecule has 0 aliphatic heterocycles. The molecule has 0 saturated heterocycles. The molecule has 0 rings (SSSR count). The number of aliphatic imine (C=N–C) groups is 2. The zero-order chi connectivity index (χ0) is 14.7. The molecular weight excluding hydrogens is 261 g/mol. The summed E-state index contributed by atoms with van der Waals surface area (Å²) in [5, 5.41) is 7.00. The Morgan fingerprint density at radius 2 is 2.11 bits per heavy atom. The van der Waals surface area contributed by atoms with Crippen molar-refractivity contribution in [3.63, 3.8) is 0 Å². The van der Waals surface area contributed by atoms with Gasteiger partial charge in [0.25, 0.3) is 0 Å². The Morgan fingerprint density at radius 1 is 1.42 bits per heavy atom. The molecule has 0 aromatic heterocycles. The molecule has 0 saturated carbocycles. The number of rotatable bonds is 8. The summed E-state index contributed by atoms with van der Waals surface area (Å²) in [6.45, 7) is 2.84. The summed E-state index contributed by atoms with van der Waals surface area (Å²) < 4.78 is 36.1. The van der Waals surface area contributed by atoms with Gasteiger partial charge in [0.15, 0.2) is 0 Å². The zero-order valence-electron chi connectivity index (χ0n) is 10.9. The van der Waals surface area contributed by atoms with Crippen LogP contribution < -0.4 is 5.43 Å². The summed E-state index contributed by atoms with van der Waals surface area (Å²) in [7, 11) is 2.81. The van der Waals surface area contributed by atoms with Crippen LogP contribution in [0.15, 0.2) is 32.1 Å². The second-order valence-electron chi connectivity index (χ2n) is 3.50. The Morgan fingerprint density at radius 3 is 2.63 bits per heavy atom. The monoisotopic (exact) mass is 278 g/mol. The Kier molecular flexibility index (Phi) is 8.14. The quantitative estimate of drug-likeness (QED) is 0.241. The van der Waals surface area contributed by atoms with Crippen molar-refractivity contribution in [3.8, 4) is 0 Å². The van der Waals surface area contributed by atoms with Crippen LogP contribution in [0.5, 0.6) is 0 Å². The van der Waals surface area contributed by atoms with Crippen LogP contribution in [0.25, 0.3) is 0 Å². The topological polar surface area (TPSA) is 64.7 Å². The van der Waals surface area contributed by atoms with E-state index < -0.39 is 12.7 Å². The number of alkyl halides is 3. The van der Waals surface area contributed by atoms with Crippen LogP contribution in [0.3, 0.4) is 0 Å². The molecule has 0 aliphatic rings. The van der Waals surface area contributed by atoms with Crippen molar-refractivity contribution in [1.82, 2.24) is 10.3 Å². The molecule has 0 radical (unpaired) electrons. The van der Waals surface area contributed by atoms with Crippen molar-refractivity contribution < 1.29 is 13.2 Å². The smallest absolute Gasteiger partial charge is 0.357 e. The molecule has 0 unspecified atom stereocenters. The SMILES string of the molecule is C=N/C(=C\CNN=NC)CN=CN(C)CC(F)(F)F. The Hall–Kier alpha value is -1.93. The van der Waals surface area contributed by atoms with E-state index in [1.807, 2.05) is 0 Å². The number of hydrogen-bond acceptors (Lipinski definition) is 4. The first-order chi connectivity index (χ1) is 8.89. The summed E-state index contributed by atoms with van der Waals surface area (Å²) in [4.78, 5) is 8.49. The lowest BCUT2D eigenvalue weighted by Gasteiger charge is -2.15. The molecule has 1 N–H and O–H groups in total. The molecule has 0 fully saturated rings. The minimum atomic E-state index is -4.24. The van der Waals surface area contributed by atoms with E-state index >= 15 is 0 Å².